The molecule has 0 saturated carbocycles. The molecule has 0 atom stereocenters. The fourth-order valence-corrected chi connectivity index (χ4v) is 1.43. The van der Waals surface area contributed by atoms with Gasteiger partial charge in [-0.2, -0.15) is 0 Å². The smallest absolute Gasteiger partial charge is 0.445 e. The molecular formula is C7H9BF3O2-. The number of hydrogen-bond acceptors (Lipinski definition) is 2. The molecule has 0 aromatic carbocycles. The Morgan fingerprint density at radius 3 is 2.31 bits per heavy atom. The largest absolute Gasteiger partial charge is 0.507 e. The van der Waals surface area contributed by atoms with Crippen molar-refractivity contribution in [1.29, 1.82) is 0 Å². The molecule has 0 radical (unpaired) electrons. The van der Waals surface area contributed by atoms with Crippen LogP contribution in [-0.4, -0.2) is 32.4 Å². The van der Waals surface area contributed by atoms with Gasteiger partial charge in [0.2, 0.25) is 0 Å². The maximum atomic E-state index is 12.2. The van der Waals surface area contributed by atoms with Crippen molar-refractivity contribution in [2.75, 3.05) is 19.8 Å². The maximum absolute atomic E-state index is 12.2. The summed E-state index contributed by atoms with van der Waals surface area (Å²) >= 11 is 0. The molecule has 2 heterocycles. The van der Waals surface area contributed by atoms with E-state index in [0.29, 0.717) is 19.6 Å². The van der Waals surface area contributed by atoms with Crippen LogP contribution in [0.25, 0.3) is 0 Å². The molecule has 0 bridgehead atoms. The summed E-state index contributed by atoms with van der Waals surface area (Å²) in [7, 11) is 0. The van der Waals surface area contributed by atoms with E-state index in [4.69, 9.17) is 9.47 Å². The zero-order chi connectivity index (χ0) is 9.53. The Kier molecular flexibility index (Phi) is 1.92. The molecule has 0 amide bonds. The fraction of sp³-hybridized carbons (Fsp3) is 0.714. The van der Waals surface area contributed by atoms with E-state index < -0.39 is 18.1 Å². The molecule has 0 aromatic rings. The third kappa shape index (κ3) is 1.60. The van der Waals surface area contributed by atoms with E-state index in [9.17, 15) is 12.9 Å². The van der Waals surface area contributed by atoms with Crippen LogP contribution in [0, 0.1) is 0 Å². The average molecular weight is 193 g/mol. The molecular weight excluding hydrogens is 184 g/mol. The van der Waals surface area contributed by atoms with Crippen molar-refractivity contribution < 1.29 is 22.4 Å². The Morgan fingerprint density at radius 1 is 1.31 bits per heavy atom. The highest BCUT2D eigenvalue weighted by Gasteiger charge is 2.43. The highest BCUT2D eigenvalue weighted by atomic mass is 19.4. The molecule has 1 saturated heterocycles. The predicted molar refractivity (Wildman–Crippen MR) is 41.3 cm³/mol. The summed E-state index contributed by atoms with van der Waals surface area (Å²) in [6, 6.07) is 0. The molecule has 0 aromatic heterocycles. The van der Waals surface area contributed by atoms with Crippen molar-refractivity contribution in [2.45, 2.75) is 12.0 Å². The lowest BCUT2D eigenvalue weighted by Gasteiger charge is -2.44. The average Bonchev–Trinajstić information content (AvgIpc) is 2.00. The zero-order valence-corrected chi connectivity index (χ0v) is 6.93. The van der Waals surface area contributed by atoms with E-state index in [0.717, 1.165) is 0 Å². The highest BCUT2D eigenvalue weighted by molar-refractivity contribution is 6.66. The molecule has 74 valence electrons. The van der Waals surface area contributed by atoms with Crippen LogP contribution in [0.3, 0.4) is 0 Å². The standard InChI is InChI=1S/C7H9BF3O2/c9-8(10,11)6-1-2-7(13-3-6)4-12-5-7/h1H,2-5H2/q-1. The lowest BCUT2D eigenvalue weighted by molar-refractivity contribution is -0.206. The first-order valence-electron chi connectivity index (χ1n) is 4.12. The summed E-state index contributed by atoms with van der Waals surface area (Å²) in [5.74, 6) is 0. The Labute approximate surface area is 73.8 Å². The second kappa shape index (κ2) is 2.75. The summed E-state index contributed by atoms with van der Waals surface area (Å²) in [5, 5.41) is 0. The van der Waals surface area contributed by atoms with Gasteiger partial charge in [-0.1, -0.05) is 0 Å². The topological polar surface area (TPSA) is 18.5 Å². The lowest BCUT2D eigenvalue weighted by atomic mass is 9.76. The second-order valence-electron chi connectivity index (χ2n) is 3.52. The number of halogens is 3. The van der Waals surface area contributed by atoms with Crippen molar-refractivity contribution in [3.63, 3.8) is 0 Å². The van der Waals surface area contributed by atoms with E-state index in [1.54, 1.807) is 0 Å². The summed E-state index contributed by atoms with van der Waals surface area (Å²) in [4.78, 5) is 0. The van der Waals surface area contributed by atoms with Crippen LogP contribution in [0.2, 0.25) is 0 Å². The van der Waals surface area contributed by atoms with Gasteiger partial charge in [0.25, 0.3) is 0 Å². The maximum Gasteiger partial charge on any atom is 0.507 e. The van der Waals surface area contributed by atoms with Gasteiger partial charge in [-0.3, -0.25) is 0 Å². The number of ether oxygens (including phenoxy) is 2. The normalized spacial score (nSPS) is 26.8. The third-order valence-electron chi connectivity index (χ3n) is 2.43. The van der Waals surface area contributed by atoms with Gasteiger partial charge in [0, 0.05) is 6.61 Å². The molecule has 2 aliphatic rings. The minimum Gasteiger partial charge on any atom is -0.445 e. The molecule has 13 heavy (non-hydrogen) atoms. The quantitative estimate of drug-likeness (QED) is 0.587. The second-order valence-corrected chi connectivity index (χ2v) is 3.52. The van der Waals surface area contributed by atoms with E-state index in [1.165, 1.54) is 6.08 Å². The molecule has 0 aliphatic carbocycles. The minimum absolute atomic E-state index is 0.313. The third-order valence-corrected chi connectivity index (χ3v) is 2.43. The van der Waals surface area contributed by atoms with Crippen LogP contribution in [0.4, 0.5) is 12.9 Å². The lowest BCUT2D eigenvalue weighted by Crippen LogP contribution is -2.54. The summed E-state index contributed by atoms with van der Waals surface area (Å²) in [5.41, 5.74) is -0.956. The molecule has 0 unspecified atom stereocenters. The van der Waals surface area contributed by atoms with E-state index >= 15 is 0 Å². The SMILES string of the molecule is F[B-](F)(F)C1=CCC2(COC2)OC1. The summed E-state index contributed by atoms with van der Waals surface area (Å²) in [6.07, 6.45) is 1.57. The van der Waals surface area contributed by atoms with Crippen molar-refractivity contribution in [3.8, 4) is 0 Å². The van der Waals surface area contributed by atoms with Gasteiger partial charge >= 0.3 is 6.98 Å². The van der Waals surface area contributed by atoms with Gasteiger partial charge in [-0.05, 0) is 6.42 Å². The predicted octanol–water partition coefficient (Wildman–Crippen LogP) is 1.49. The van der Waals surface area contributed by atoms with Gasteiger partial charge in [-0.25, -0.2) is 0 Å². The van der Waals surface area contributed by atoms with Crippen molar-refractivity contribution in [2.24, 2.45) is 0 Å². The molecule has 2 nitrogen and oxygen atoms in total. The monoisotopic (exact) mass is 193 g/mol. The van der Waals surface area contributed by atoms with E-state index in [1.807, 2.05) is 0 Å². The minimum atomic E-state index is -4.86. The first kappa shape index (κ1) is 9.08. The van der Waals surface area contributed by atoms with Gasteiger partial charge in [0.05, 0.1) is 13.2 Å². The number of hydrogen-bond donors (Lipinski definition) is 0. The van der Waals surface area contributed by atoms with E-state index in [2.05, 4.69) is 0 Å². The highest BCUT2D eigenvalue weighted by Crippen LogP contribution is 2.34. The van der Waals surface area contributed by atoms with Crippen molar-refractivity contribution >= 4 is 6.98 Å². The molecule has 1 fully saturated rings. The Balaban J connectivity index is 2.04. The van der Waals surface area contributed by atoms with E-state index in [-0.39, 0.29) is 6.61 Å². The van der Waals surface area contributed by atoms with Crippen LogP contribution < -0.4 is 0 Å². The summed E-state index contributed by atoms with van der Waals surface area (Å²) < 4.78 is 46.6. The van der Waals surface area contributed by atoms with Crippen LogP contribution in [-0.2, 0) is 9.47 Å². The van der Waals surface area contributed by atoms with Gasteiger partial charge < -0.3 is 22.4 Å². The summed E-state index contributed by atoms with van der Waals surface area (Å²) in [6.45, 7) is -4.34. The molecule has 2 aliphatic heterocycles. The van der Waals surface area contributed by atoms with Gasteiger partial charge in [0.15, 0.2) is 0 Å². The molecule has 0 N–H and O–H groups in total. The van der Waals surface area contributed by atoms with Crippen LogP contribution in [0.5, 0.6) is 0 Å². The zero-order valence-electron chi connectivity index (χ0n) is 6.93. The van der Waals surface area contributed by atoms with Crippen LogP contribution >= 0.6 is 0 Å². The Bertz CT molecular complexity index is 245. The van der Waals surface area contributed by atoms with Crippen molar-refractivity contribution in [1.82, 2.24) is 0 Å². The first-order chi connectivity index (χ1) is 6.02. The van der Waals surface area contributed by atoms with Crippen molar-refractivity contribution in [3.05, 3.63) is 11.5 Å². The van der Waals surface area contributed by atoms with Crippen LogP contribution in [0.15, 0.2) is 11.5 Å². The van der Waals surface area contributed by atoms with Crippen LogP contribution in [0.1, 0.15) is 6.42 Å². The Hall–Kier alpha value is -0.485. The number of rotatable bonds is 1. The van der Waals surface area contributed by atoms with Gasteiger partial charge in [0.1, 0.15) is 5.60 Å². The first-order valence-corrected chi connectivity index (χ1v) is 4.12. The Morgan fingerprint density at radius 2 is 2.00 bits per heavy atom. The van der Waals surface area contributed by atoms with Gasteiger partial charge in [-0.15, -0.1) is 11.5 Å². The molecule has 1 spiro atoms. The fourth-order valence-electron chi connectivity index (χ4n) is 1.43. The molecule has 6 heteroatoms. The molecule has 2 rings (SSSR count).